The second-order valence-corrected chi connectivity index (χ2v) is 8.58. The molecule has 2 aliphatic heterocycles. The first-order chi connectivity index (χ1) is 11.3. The first kappa shape index (κ1) is 17.3. The molecule has 1 aromatic carbocycles. The molecule has 0 aromatic heterocycles. The summed E-state index contributed by atoms with van der Waals surface area (Å²) < 4.78 is 5.63. The standard InChI is InChI=1S/C21H31NO2/c1-15-7-5-6-8-17(15)10-9-16-13-18-11-12-19(14-16)22(18)20(23)24-21(2,3)4/h5-8,16,18-19H,9-14H2,1-4H3. The maximum absolute atomic E-state index is 12.5. The molecule has 2 atom stereocenters. The number of hydrogen-bond acceptors (Lipinski definition) is 2. The lowest BCUT2D eigenvalue weighted by molar-refractivity contribution is 0.00166. The van der Waals surface area contributed by atoms with Crippen LogP contribution in [0, 0.1) is 12.8 Å². The van der Waals surface area contributed by atoms with E-state index < -0.39 is 5.60 Å². The van der Waals surface area contributed by atoms with Crippen molar-refractivity contribution in [1.82, 2.24) is 4.90 Å². The zero-order valence-corrected chi connectivity index (χ0v) is 15.5. The third-order valence-corrected chi connectivity index (χ3v) is 5.52. The molecule has 0 spiro atoms. The van der Waals surface area contributed by atoms with Gasteiger partial charge in [-0.25, -0.2) is 4.79 Å². The van der Waals surface area contributed by atoms with Gasteiger partial charge in [-0.15, -0.1) is 0 Å². The summed E-state index contributed by atoms with van der Waals surface area (Å²) in [4.78, 5) is 14.6. The Labute approximate surface area is 146 Å². The Balaban J connectivity index is 1.57. The molecule has 2 unspecified atom stereocenters. The monoisotopic (exact) mass is 329 g/mol. The van der Waals surface area contributed by atoms with Crippen LogP contribution in [0.5, 0.6) is 0 Å². The number of nitrogens with zero attached hydrogens (tertiary/aromatic N) is 1. The third kappa shape index (κ3) is 3.93. The Bertz CT molecular complexity index is 576. The fraction of sp³-hybridized carbons (Fsp3) is 0.667. The SMILES string of the molecule is Cc1ccccc1CCC1CC2CCC(C1)N2C(=O)OC(C)(C)C. The molecule has 24 heavy (non-hydrogen) atoms. The van der Waals surface area contributed by atoms with E-state index in [2.05, 4.69) is 36.1 Å². The van der Waals surface area contributed by atoms with Crippen LogP contribution in [-0.4, -0.2) is 28.7 Å². The second kappa shape index (κ2) is 6.78. The summed E-state index contributed by atoms with van der Waals surface area (Å²) in [5.74, 6) is 0.737. The molecule has 2 heterocycles. The lowest BCUT2D eigenvalue weighted by Crippen LogP contribution is -2.48. The largest absolute Gasteiger partial charge is 0.444 e. The van der Waals surface area contributed by atoms with Crippen LogP contribution in [0.25, 0.3) is 0 Å². The number of ether oxygens (including phenoxy) is 1. The Morgan fingerprint density at radius 3 is 2.38 bits per heavy atom. The van der Waals surface area contributed by atoms with Gasteiger partial charge in [0.1, 0.15) is 5.60 Å². The van der Waals surface area contributed by atoms with Gasteiger partial charge in [-0.1, -0.05) is 24.3 Å². The molecule has 0 saturated carbocycles. The fourth-order valence-corrected chi connectivity index (χ4v) is 4.39. The fourth-order valence-electron chi connectivity index (χ4n) is 4.39. The van der Waals surface area contributed by atoms with Gasteiger partial charge in [-0.3, -0.25) is 0 Å². The Morgan fingerprint density at radius 1 is 1.17 bits per heavy atom. The van der Waals surface area contributed by atoms with Crippen LogP contribution in [0.2, 0.25) is 0 Å². The first-order valence-corrected chi connectivity index (χ1v) is 9.39. The summed E-state index contributed by atoms with van der Waals surface area (Å²) in [5.41, 5.74) is 2.46. The summed E-state index contributed by atoms with van der Waals surface area (Å²) >= 11 is 0. The molecule has 3 rings (SSSR count). The van der Waals surface area contributed by atoms with E-state index in [-0.39, 0.29) is 6.09 Å². The molecule has 0 radical (unpaired) electrons. The first-order valence-electron chi connectivity index (χ1n) is 9.39. The summed E-state index contributed by atoms with van der Waals surface area (Å²) in [6.07, 6.45) is 6.86. The van der Waals surface area contributed by atoms with E-state index in [1.165, 1.54) is 17.5 Å². The van der Waals surface area contributed by atoms with Crippen molar-refractivity contribution in [2.45, 2.75) is 83.9 Å². The van der Waals surface area contributed by atoms with Gasteiger partial charge in [0.15, 0.2) is 0 Å². The lowest BCUT2D eigenvalue weighted by Gasteiger charge is -2.39. The number of benzene rings is 1. The molecule has 2 fully saturated rings. The van der Waals surface area contributed by atoms with E-state index in [0.717, 1.165) is 38.0 Å². The third-order valence-electron chi connectivity index (χ3n) is 5.52. The summed E-state index contributed by atoms with van der Waals surface area (Å²) in [5, 5.41) is 0. The number of fused-ring (bicyclic) bond motifs is 2. The molecule has 132 valence electrons. The molecule has 0 N–H and O–H groups in total. The maximum Gasteiger partial charge on any atom is 0.410 e. The molecule has 2 bridgehead atoms. The number of carbonyl (C=O) groups is 1. The molecule has 3 nitrogen and oxygen atoms in total. The maximum atomic E-state index is 12.5. The van der Waals surface area contributed by atoms with Gasteiger partial charge in [0.2, 0.25) is 0 Å². The molecular formula is C21H31NO2. The minimum Gasteiger partial charge on any atom is -0.444 e. The second-order valence-electron chi connectivity index (χ2n) is 8.58. The molecule has 1 amide bonds. The number of carbonyl (C=O) groups excluding carboxylic acids is 1. The van der Waals surface area contributed by atoms with Crippen molar-refractivity contribution in [2.24, 2.45) is 5.92 Å². The van der Waals surface area contributed by atoms with E-state index in [0.29, 0.717) is 12.1 Å². The van der Waals surface area contributed by atoms with Crippen molar-refractivity contribution in [3.8, 4) is 0 Å². The van der Waals surface area contributed by atoms with E-state index in [9.17, 15) is 4.79 Å². The van der Waals surface area contributed by atoms with Crippen LogP contribution in [0.15, 0.2) is 24.3 Å². The molecule has 2 saturated heterocycles. The average Bonchev–Trinajstić information content (AvgIpc) is 2.76. The Morgan fingerprint density at radius 2 is 1.79 bits per heavy atom. The van der Waals surface area contributed by atoms with Crippen molar-refractivity contribution >= 4 is 6.09 Å². The van der Waals surface area contributed by atoms with Gasteiger partial charge in [0, 0.05) is 12.1 Å². The normalized spacial score (nSPS) is 26.5. The van der Waals surface area contributed by atoms with Crippen LogP contribution in [0.3, 0.4) is 0 Å². The number of amides is 1. The van der Waals surface area contributed by atoms with Crippen molar-refractivity contribution in [2.75, 3.05) is 0 Å². The van der Waals surface area contributed by atoms with Crippen LogP contribution >= 0.6 is 0 Å². The molecule has 2 aliphatic rings. The zero-order chi connectivity index (χ0) is 17.3. The van der Waals surface area contributed by atoms with Crippen LogP contribution in [-0.2, 0) is 11.2 Å². The minimum atomic E-state index is -0.405. The Kier molecular flexibility index (Phi) is 4.89. The van der Waals surface area contributed by atoms with Gasteiger partial charge in [-0.05, 0) is 83.3 Å². The van der Waals surface area contributed by atoms with E-state index in [1.807, 2.05) is 20.8 Å². The van der Waals surface area contributed by atoms with Crippen molar-refractivity contribution in [3.63, 3.8) is 0 Å². The number of rotatable bonds is 3. The molecular weight excluding hydrogens is 298 g/mol. The van der Waals surface area contributed by atoms with E-state index in [4.69, 9.17) is 4.74 Å². The molecule has 1 aromatic rings. The molecule has 3 heteroatoms. The summed E-state index contributed by atoms with van der Waals surface area (Å²) in [6, 6.07) is 9.47. The molecule has 0 aliphatic carbocycles. The summed E-state index contributed by atoms with van der Waals surface area (Å²) in [6.45, 7) is 8.04. The van der Waals surface area contributed by atoms with Gasteiger partial charge in [0.25, 0.3) is 0 Å². The predicted octanol–water partition coefficient (Wildman–Crippen LogP) is 5.11. The highest BCUT2D eigenvalue weighted by molar-refractivity contribution is 5.69. The van der Waals surface area contributed by atoms with E-state index in [1.54, 1.807) is 0 Å². The van der Waals surface area contributed by atoms with Gasteiger partial charge in [-0.2, -0.15) is 0 Å². The predicted molar refractivity (Wildman–Crippen MR) is 97.1 cm³/mol. The average molecular weight is 329 g/mol. The zero-order valence-electron chi connectivity index (χ0n) is 15.5. The number of piperidine rings is 1. The van der Waals surface area contributed by atoms with Crippen LogP contribution in [0.4, 0.5) is 4.79 Å². The Hall–Kier alpha value is -1.51. The van der Waals surface area contributed by atoms with Gasteiger partial charge in [0.05, 0.1) is 0 Å². The van der Waals surface area contributed by atoms with Crippen LogP contribution in [0.1, 0.15) is 64.0 Å². The topological polar surface area (TPSA) is 29.5 Å². The van der Waals surface area contributed by atoms with Gasteiger partial charge < -0.3 is 9.64 Å². The van der Waals surface area contributed by atoms with Crippen molar-refractivity contribution < 1.29 is 9.53 Å². The smallest absolute Gasteiger partial charge is 0.410 e. The highest BCUT2D eigenvalue weighted by Gasteiger charge is 2.44. The van der Waals surface area contributed by atoms with Crippen molar-refractivity contribution in [1.29, 1.82) is 0 Å². The number of aryl methyl sites for hydroxylation is 2. The number of hydrogen-bond donors (Lipinski definition) is 0. The summed E-state index contributed by atoms with van der Waals surface area (Å²) in [7, 11) is 0. The lowest BCUT2D eigenvalue weighted by atomic mass is 9.86. The minimum absolute atomic E-state index is 0.104. The van der Waals surface area contributed by atoms with Crippen LogP contribution < -0.4 is 0 Å². The quantitative estimate of drug-likeness (QED) is 0.771. The highest BCUT2D eigenvalue weighted by atomic mass is 16.6. The highest BCUT2D eigenvalue weighted by Crippen LogP contribution is 2.41. The van der Waals surface area contributed by atoms with Gasteiger partial charge >= 0.3 is 6.09 Å². The van der Waals surface area contributed by atoms with Crippen molar-refractivity contribution in [3.05, 3.63) is 35.4 Å². The van der Waals surface area contributed by atoms with E-state index >= 15 is 0 Å².